The molecule has 4 amide bonds. The third-order valence-corrected chi connectivity index (χ3v) is 7.56. The van der Waals surface area contributed by atoms with E-state index in [0.717, 1.165) is 33.3 Å². The van der Waals surface area contributed by atoms with Crippen LogP contribution < -0.4 is 10.6 Å². The summed E-state index contributed by atoms with van der Waals surface area (Å²) in [5, 5.41) is 13.8. The molecule has 1 fully saturated rings. The molecule has 2 aromatic carbocycles. The van der Waals surface area contributed by atoms with E-state index in [1.165, 1.54) is 0 Å². The first kappa shape index (κ1) is 25.3. The standard InChI is InChI=1S/C29H32N6O3/c1-3-10-30-28(37)22(14-20-13-19(2)27-23(15-20)17-31-33-27)16-26(36)34-11-8-24(9-12-34)35-18-21-6-4-5-7-25(21)32-29(35)38/h1,4-7,13,15,17,22,24H,8-12,14,16,18H2,2H3,(H,30,37)(H,31,33)(H,32,38). The van der Waals surface area contributed by atoms with Gasteiger partial charge in [-0.05, 0) is 55.0 Å². The number of aryl methyl sites for hydroxylation is 1. The van der Waals surface area contributed by atoms with Gasteiger partial charge in [-0.25, -0.2) is 4.79 Å². The minimum atomic E-state index is -0.540. The summed E-state index contributed by atoms with van der Waals surface area (Å²) in [6.07, 6.45) is 9.03. The number of terminal acetylenes is 1. The van der Waals surface area contributed by atoms with Gasteiger partial charge in [0.1, 0.15) is 0 Å². The number of benzene rings is 2. The highest BCUT2D eigenvalue weighted by molar-refractivity contribution is 5.92. The number of likely N-dealkylation sites (tertiary alicyclic amines) is 1. The number of hydrogen-bond donors (Lipinski definition) is 3. The van der Waals surface area contributed by atoms with Crippen molar-refractivity contribution in [1.82, 2.24) is 25.3 Å². The molecule has 9 heteroatoms. The zero-order valence-electron chi connectivity index (χ0n) is 21.5. The minimum Gasteiger partial charge on any atom is -0.345 e. The van der Waals surface area contributed by atoms with E-state index in [4.69, 9.17) is 6.42 Å². The summed E-state index contributed by atoms with van der Waals surface area (Å²) in [5.41, 5.74) is 4.93. The Balaban J connectivity index is 1.22. The first-order chi connectivity index (χ1) is 18.4. The van der Waals surface area contributed by atoms with Crippen LogP contribution >= 0.6 is 0 Å². The van der Waals surface area contributed by atoms with Crippen LogP contribution in [0.15, 0.2) is 42.6 Å². The highest BCUT2D eigenvalue weighted by atomic mass is 16.2. The number of nitrogens with zero attached hydrogens (tertiary/aromatic N) is 3. The Morgan fingerprint density at radius 1 is 1.24 bits per heavy atom. The number of carbonyl (C=O) groups is 3. The number of aromatic nitrogens is 2. The SMILES string of the molecule is C#CCNC(=O)C(CC(=O)N1CCC(N2Cc3ccccc3NC2=O)CC1)Cc1cc(C)c2[nH]ncc2c1. The molecule has 0 radical (unpaired) electrons. The highest BCUT2D eigenvalue weighted by Gasteiger charge is 2.33. The number of nitrogens with one attached hydrogen (secondary N) is 3. The molecular weight excluding hydrogens is 480 g/mol. The lowest BCUT2D eigenvalue weighted by molar-refractivity contribution is -0.137. The molecule has 0 spiro atoms. The second kappa shape index (κ2) is 11.0. The lowest BCUT2D eigenvalue weighted by Gasteiger charge is -2.40. The molecule has 1 atom stereocenters. The number of para-hydroxylation sites is 1. The predicted octanol–water partition coefficient (Wildman–Crippen LogP) is 3.21. The number of anilines is 1. The van der Waals surface area contributed by atoms with E-state index in [1.54, 1.807) is 6.20 Å². The maximum absolute atomic E-state index is 13.3. The van der Waals surface area contributed by atoms with Crippen LogP contribution in [-0.4, -0.2) is 63.5 Å². The largest absolute Gasteiger partial charge is 0.345 e. The maximum Gasteiger partial charge on any atom is 0.322 e. The Morgan fingerprint density at radius 2 is 2.03 bits per heavy atom. The van der Waals surface area contributed by atoms with Gasteiger partial charge in [-0.3, -0.25) is 14.7 Å². The number of urea groups is 1. The highest BCUT2D eigenvalue weighted by Crippen LogP contribution is 2.28. The van der Waals surface area contributed by atoms with Crippen molar-refractivity contribution < 1.29 is 14.4 Å². The monoisotopic (exact) mass is 512 g/mol. The van der Waals surface area contributed by atoms with Crippen molar-refractivity contribution in [3.05, 3.63) is 59.3 Å². The van der Waals surface area contributed by atoms with Gasteiger partial charge in [0.25, 0.3) is 0 Å². The van der Waals surface area contributed by atoms with Crippen molar-refractivity contribution in [3.8, 4) is 12.3 Å². The van der Waals surface area contributed by atoms with E-state index in [2.05, 4.69) is 26.8 Å². The summed E-state index contributed by atoms with van der Waals surface area (Å²) < 4.78 is 0. The number of fused-ring (bicyclic) bond motifs is 2. The second-order valence-electron chi connectivity index (χ2n) is 10.1. The average Bonchev–Trinajstić information content (AvgIpc) is 3.40. The van der Waals surface area contributed by atoms with Gasteiger partial charge >= 0.3 is 6.03 Å². The summed E-state index contributed by atoms with van der Waals surface area (Å²) >= 11 is 0. The van der Waals surface area contributed by atoms with Gasteiger partial charge < -0.3 is 20.4 Å². The first-order valence-corrected chi connectivity index (χ1v) is 13.0. The van der Waals surface area contributed by atoms with Gasteiger partial charge in [0.05, 0.1) is 24.2 Å². The van der Waals surface area contributed by atoms with E-state index < -0.39 is 5.92 Å². The average molecular weight is 513 g/mol. The number of hydrogen-bond acceptors (Lipinski definition) is 4. The third-order valence-electron chi connectivity index (χ3n) is 7.56. The molecule has 1 unspecified atom stereocenters. The zero-order chi connectivity index (χ0) is 26.6. The Hall–Kier alpha value is -4.32. The topological polar surface area (TPSA) is 110 Å². The Kier molecular flexibility index (Phi) is 7.31. The first-order valence-electron chi connectivity index (χ1n) is 13.0. The summed E-state index contributed by atoms with van der Waals surface area (Å²) in [6, 6.07) is 11.8. The molecule has 0 saturated carbocycles. The molecule has 3 aromatic rings. The number of aromatic amines is 1. The molecular formula is C29H32N6O3. The van der Waals surface area contributed by atoms with Crippen molar-refractivity contribution >= 4 is 34.4 Å². The lowest BCUT2D eigenvalue weighted by atomic mass is 9.92. The summed E-state index contributed by atoms with van der Waals surface area (Å²) in [5.74, 6) is 1.61. The van der Waals surface area contributed by atoms with Crippen LogP contribution in [-0.2, 0) is 22.6 Å². The van der Waals surface area contributed by atoms with E-state index in [0.29, 0.717) is 38.9 Å². The van der Waals surface area contributed by atoms with Crippen LogP contribution in [0.25, 0.3) is 10.9 Å². The molecule has 3 heterocycles. The molecule has 38 heavy (non-hydrogen) atoms. The fourth-order valence-corrected chi connectivity index (χ4v) is 5.54. The van der Waals surface area contributed by atoms with Crippen molar-refractivity contribution in [2.75, 3.05) is 25.0 Å². The minimum absolute atomic E-state index is 0.0566. The lowest BCUT2D eigenvalue weighted by Crippen LogP contribution is -2.51. The van der Waals surface area contributed by atoms with Crippen LogP contribution in [0.2, 0.25) is 0 Å². The summed E-state index contributed by atoms with van der Waals surface area (Å²) in [4.78, 5) is 42.7. The molecule has 0 aliphatic carbocycles. The summed E-state index contributed by atoms with van der Waals surface area (Å²) in [6.45, 7) is 3.78. The van der Waals surface area contributed by atoms with Gasteiger partial charge in [0.15, 0.2) is 0 Å². The van der Waals surface area contributed by atoms with E-state index in [-0.39, 0.29) is 36.9 Å². The van der Waals surface area contributed by atoms with Crippen LogP contribution in [0.4, 0.5) is 10.5 Å². The fourth-order valence-electron chi connectivity index (χ4n) is 5.54. The number of piperidine rings is 1. The molecule has 196 valence electrons. The van der Waals surface area contributed by atoms with Crippen molar-refractivity contribution in [2.24, 2.45) is 5.92 Å². The van der Waals surface area contributed by atoms with Crippen LogP contribution in [0.1, 0.15) is 36.0 Å². The number of rotatable bonds is 7. The van der Waals surface area contributed by atoms with E-state index in [9.17, 15) is 14.4 Å². The van der Waals surface area contributed by atoms with Crippen molar-refractivity contribution in [3.63, 3.8) is 0 Å². The number of H-pyrrole nitrogens is 1. The van der Waals surface area contributed by atoms with Gasteiger partial charge in [-0.1, -0.05) is 30.2 Å². The van der Waals surface area contributed by atoms with Gasteiger partial charge in [0.2, 0.25) is 11.8 Å². The third kappa shape index (κ3) is 5.35. The van der Waals surface area contributed by atoms with Gasteiger partial charge in [-0.15, -0.1) is 6.42 Å². The molecule has 2 aliphatic heterocycles. The van der Waals surface area contributed by atoms with Crippen LogP contribution in [0, 0.1) is 25.2 Å². The van der Waals surface area contributed by atoms with Crippen LogP contribution in [0.5, 0.6) is 0 Å². The number of amides is 4. The summed E-state index contributed by atoms with van der Waals surface area (Å²) in [7, 11) is 0. The second-order valence-corrected chi connectivity index (χ2v) is 10.1. The molecule has 3 N–H and O–H groups in total. The molecule has 2 aliphatic rings. The maximum atomic E-state index is 13.3. The predicted molar refractivity (Wildman–Crippen MR) is 145 cm³/mol. The van der Waals surface area contributed by atoms with Gasteiger partial charge in [0, 0.05) is 43.2 Å². The van der Waals surface area contributed by atoms with Gasteiger partial charge in [-0.2, -0.15) is 5.10 Å². The number of carbonyl (C=O) groups excluding carboxylic acids is 3. The van der Waals surface area contributed by atoms with E-state index >= 15 is 0 Å². The molecule has 0 bridgehead atoms. The van der Waals surface area contributed by atoms with Crippen molar-refractivity contribution in [2.45, 2.75) is 45.2 Å². The quantitative estimate of drug-likeness (QED) is 0.422. The molecule has 9 nitrogen and oxygen atoms in total. The fraction of sp³-hybridized carbons (Fsp3) is 0.379. The smallest absolute Gasteiger partial charge is 0.322 e. The Bertz CT molecular complexity index is 1400. The Labute approximate surface area is 221 Å². The van der Waals surface area contributed by atoms with Crippen molar-refractivity contribution in [1.29, 1.82) is 0 Å². The van der Waals surface area contributed by atoms with Crippen LogP contribution in [0.3, 0.4) is 0 Å². The van der Waals surface area contributed by atoms with E-state index in [1.807, 2.05) is 53.1 Å². The zero-order valence-corrected chi connectivity index (χ0v) is 21.5. The normalized spacial score (nSPS) is 16.5. The molecule has 5 rings (SSSR count). The molecule has 1 aromatic heterocycles. The molecule has 1 saturated heterocycles. The Morgan fingerprint density at radius 3 is 2.82 bits per heavy atom.